The number of nitrogens with zero attached hydrogens (tertiary/aromatic N) is 14. The molecule has 22 heteroatoms. The van der Waals surface area contributed by atoms with Crippen LogP contribution in [0, 0.1) is 0 Å². The van der Waals surface area contributed by atoms with Crippen LogP contribution in [0.2, 0.25) is 0 Å². The Kier molecular flexibility index (Phi) is 12.9. The zero-order chi connectivity index (χ0) is 36.0. The lowest BCUT2D eigenvalue weighted by molar-refractivity contribution is -0.153. The maximum Gasteiger partial charge on any atom is 0.334 e. The molecule has 0 amide bonds. The predicted molar refractivity (Wildman–Crippen MR) is 182 cm³/mol. The molecule has 0 aliphatic carbocycles. The lowest BCUT2D eigenvalue weighted by atomic mass is 10.2. The van der Waals surface area contributed by atoms with Crippen molar-refractivity contribution >= 4 is 47.2 Å². The van der Waals surface area contributed by atoms with E-state index < -0.39 is 23.6 Å². The standard InChI is InChI=1S/C28H42N18O4/c1-5-31-25(29)35-21-17-33-45(41-21)15-9-7-11-19-37-27(3,43-39-19)49-23(47)13-14-24(48)50-28(4)38-20(40-44-28)12-8-10-16-46-34-18-22(42-46)36-26(30)32-6-2/h13-14,17-18H,5-12,15-16H2,1-4H3,(H3,29,31,35,41)(H3,30,32,36,42)/b14-13-. The number of ether oxygens (including phenoxy) is 2. The minimum atomic E-state index is -1.54. The fourth-order valence-corrected chi connectivity index (χ4v) is 4.43. The van der Waals surface area contributed by atoms with E-state index in [1.165, 1.54) is 13.8 Å². The van der Waals surface area contributed by atoms with E-state index in [1.54, 1.807) is 22.0 Å². The zero-order valence-electron chi connectivity index (χ0n) is 28.4. The van der Waals surface area contributed by atoms with Crippen LogP contribution < -0.4 is 22.1 Å². The van der Waals surface area contributed by atoms with E-state index in [4.69, 9.17) is 20.9 Å². The number of anilines is 2. The molecule has 0 spiro atoms. The Bertz CT molecular complexity index is 1580. The van der Waals surface area contributed by atoms with Gasteiger partial charge in [0.15, 0.2) is 35.2 Å². The molecule has 268 valence electrons. The lowest BCUT2D eigenvalue weighted by Crippen LogP contribution is -2.26. The van der Waals surface area contributed by atoms with Gasteiger partial charge in [-0.2, -0.15) is 19.8 Å². The largest absolute Gasteiger partial charge is 0.412 e. The molecule has 0 aromatic carbocycles. The summed E-state index contributed by atoms with van der Waals surface area (Å²) in [5.74, 6) is -2.38. The van der Waals surface area contributed by atoms with Crippen molar-refractivity contribution in [2.24, 2.45) is 51.9 Å². The number of aryl methyl sites for hydroxylation is 2. The van der Waals surface area contributed by atoms with Gasteiger partial charge in [0.2, 0.25) is 0 Å². The third-order valence-electron chi connectivity index (χ3n) is 6.58. The van der Waals surface area contributed by atoms with E-state index in [-0.39, 0.29) is 11.9 Å². The summed E-state index contributed by atoms with van der Waals surface area (Å²) in [5.41, 5.74) is 11.5. The number of aromatic nitrogens is 6. The second-order valence-electron chi connectivity index (χ2n) is 11.0. The number of aliphatic imine (C=N–C) groups is 4. The number of hydrogen-bond acceptors (Lipinski definition) is 16. The number of carbonyl (C=O) groups excluding carboxylic acids is 2. The monoisotopic (exact) mass is 694 g/mol. The lowest BCUT2D eigenvalue weighted by Gasteiger charge is -2.15. The number of nitrogens with one attached hydrogen (secondary N) is 2. The summed E-state index contributed by atoms with van der Waals surface area (Å²) in [6, 6.07) is 0. The first-order valence-corrected chi connectivity index (χ1v) is 16.1. The highest BCUT2D eigenvalue weighted by atomic mass is 16.6. The van der Waals surface area contributed by atoms with Gasteiger partial charge < -0.3 is 31.6 Å². The molecule has 2 aliphatic heterocycles. The fourth-order valence-electron chi connectivity index (χ4n) is 4.43. The number of guanidine groups is 2. The van der Waals surface area contributed by atoms with Gasteiger partial charge in [0.25, 0.3) is 0 Å². The van der Waals surface area contributed by atoms with Crippen molar-refractivity contribution in [3.8, 4) is 0 Å². The van der Waals surface area contributed by atoms with Gasteiger partial charge in [0, 0.05) is 51.9 Å². The van der Waals surface area contributed by atoms with Crippen LogP contribution >= 0.6 is 0 Å². The molecule has 0 bridgehead atoms. The van der Waals surface area contributed by atoms with Crippen molar-refractivity contribution < 1.29 is 19.1 Å². The molecule has 0 fully saturated rings. The highest BCUT2D eigenvalue weighted by Gasteiger charge is 2.33. The molecule has 22 nitrogen and oxygen atoms in total. The average molecular weight is 695 g/mol. The SMILES string of the molecule is CCN=C(N)Nc1cnn(CCCCC2=NC(C)(OC(=O)/C=C\C(=O)OC3(C)N=NC(CCCCn4ncc(NC(N)=NCC)n4)=N3)N=N2)n1. The van der Waals surface area contributed by atoms with E-state index in [0.717, 1.165) is 25.0 Å². The van der Waals surface area contributed by atoms with Gasteiger partial charge >= 0.3 is 23.6 Å². The average Bonchev–Trinajstić information content (AvgIpc) is 3.85. The minimum Gasteiger partial charge on any atom is -0.412 e. The van der Waals surface area contributed by atoms with E-state index in [0.29, 0.717) is 75.2 Å². The maximum absolute atomic E-state index is 12.4. The summed E-state index contributed by atoms with van der Waals surface area (Å²) in [7, 11) is 0. The number of carbonyl (C=O) groups is 2. The van der Waals surface area contributed by atoms with Gasteiger partial charge in [0.05, 0.1) is 25.5 Å². The first kappa shape index (κ1) is 36.9. The Balaban J connectivity index is 1.13. The van der Waals surface area contributed by atoms with Crippen molar-refractivity contribution in [1.29, 1.82) is 0 Å². The molecule has 0 saturated heterocycles. The first-order chi connectivity index (χ1) is 24.0. The molecule has 4 rings (SSSR count). The van der Waals surface area contributed by atoms with Crippen molar-refractivity contribution in [3.05, 3.63) is 24.5 Å². The van der Waals surface area contributed by atoms with E-state index in [2.05, 4.69) is 71.5 Å². The van der Waals surface area contributed by atoms with Crippen LogP contribution in [0.25, 0.3) is 0 Å². The van der Waals surface area contributed by atoms with Gasteiger partial charge in [-0.1, -0.05) is 0 Å². The molecule has 2 aromatic heterocycles. The number of rotatable bonds is 18. The number of unbranched alkanes of at least 4 members (excludes halogenated alkanes) is 2. The number of amidine groups is 2. The third kappa shape index (κ3) is 11.9. The maximum atomic E-state index is 12.4. The van der Waals surface area contributed by atoms with Crippen molar-refractivity contribution in [2.75, 3.05) is 23.7 Å². The molecule has 0 saturated carbocycles. The summed E-state index contributed by atoms with van der Waals surface area (Å²) < 4.78 is 10.6. The summed E-state index contributed by atoms with van der Waals surface area (Å²) in [6.45, 7) is 8.98. The smallest absolute Gasteiger partial charge is 0.334 e. The number of hydrogen-bond donors (Lipinski definition) is 4. The molecular weight excluding hydrogens is 652 g/mol. The quantitative estimate of drug-likeness (QED) is 0.0574. The van der Waals surface area contributed by atoms with Gasteiger partial charge in [-0.3, -0.25) is 9.98 Å². The van der Waals surface area contributed by atoms with Crippen LogP contribution in [0.5, 0.6) is 0 Å². The third-order valence-corrected chi connectivity index (χ3v) is 6.58. The normalized spacial score (nSPS) is 20.3. The Hall–Kier alpha value is -5.96. The van der Waals surface area contributed by atoms with Crippen molar-refractivity contribution in [3.63, 3.8) is 0 Å². The summed E-state index contributed by atoms with van der Waals surface area (Å²) >= 11 is 0. The second kappa shape index (κ2) is 17.4. The highest BCUT2D eigenvalue weighted by molar-refractivity contribution is 5.93. The summed E-state index contributed by atoms with van der Waals surface area (Å²) in [5, 5.41) is 38.7. The Morgan fingerprint density at radius 2 is 1.18 bits per heavy atom. The van der Waals surface area contributed by atoms with Crippen LogP contribution in [0.15, 0.2) is 65.0 Å². The van der Waals surface area contributed by atoms with Crippen LogP contribution in [0.1, 0.15) is 66.2 Å². The number of esters is 2. The van der Waals surface area contributed by atoms with Gasteiger partial charge in [-0.05, 0) is 39.5 Å². The molecule has 4 heterocycles. The molecule has 6 N–H and O–H groups in total. The Morgan fingerprint density at radius 3 is 1.58 bits per heavy atom. The summed E-state index contributed by atoms with van der Waals surface area (Å²) in [4.78, 5) is 44.6. The van der Waals surface area contributed by atoms with Crippen LogP contribution in [0.3, 0.4) is 0 Å². The Morgan fingerprint density at radius 1 is 0.760 bits per heavy atom. The molecular formula is C28H42N18O4. The molecule has 0 radical (unpaired) electrons. The van der Waals surface area contributed by atoms with Crippen LogP contribution in [-0.2, 0) is 32.2 Å². The van der Waals surface area contributed by atoms with E-state index >= 15 is 0 Å². The molecule has 2 aromatic rings. The van der Waals surface area contributed by atoms with Crippen molar-refractivity contribution in [1.82, 2.24) is 30.0 Å². The predicted octanol–water partition coefficient (Wildman–Crippen LogP) is 2.12. The van der Waals surface area contributed by atoms with E-state index in [9.17, 15) is 9.59 Å². The summed E-state index contributed by atoms with van der Waals surface area (Å²) in [6.07, 6.45) is 8.86. The molecule has 2 unspecified atom stereocenters. The van der Waals surface area contributed by atoms with Gasteiger partial charge in [-0.15, -0.1) is 30.7 Å². The molecule has 50 heavy (non-hydrogen) atoms. The van der Waals surface area contributed by atoms with Gasteiger partial charge in [-0.25, -0.2) is 19.6 Å². The Labute approximate surface area is 287 Å². The van der Waals surface area contributed by atoms with Crippen LogP contribution in [-0.4, -0.2) is 90.3 Å². The number of nitrogens with two attached hydrogens (primary N) is 2. The fraction of sp³-hybridized carbons (Fsp3) is 0.571. The molecule has 2 atom stereocenters. The first-order valence-electron chi connectivity index (χ1n) is 16.1. The molecule has 2 aliphatic rings. The minimum absolute atomic E-state index is 0.274. The zero-order valence-corrected chi connectivity index (χ0v) is 28.4. The highest BCUT2D eigenvalue weighted by Crippen LogP contribution is 2.25. The number of azo groups is 2. The van der Waals surface area contributed by atoms with E-state index in [1.807, 2.05) is 13.8 Å². The van der Waals surface area contributed by atoms with Crippen LogP contribution in [0.4, 0.5) is 11.6 Å². The second-order valence-corrected chi connectivity index (χ2v) is 11.0. The van der Waals surface area contributed by atoms with Gasteiger partial charge in [0.1, 0.15) is 0 Å². The topological polar surface area (TPSA) is 289 Å². The van der Waals surface area contributed by atoms with Crippen molar-refractivity contribution in [2.45, 2.75) is 91.0 Å².